The van der Waals surface area contributed by atoms with E-state index in [0.717, 1.165) is 24.3 Å². The molecule has 0 radical (unpaired) electrons. The van der Waals surface area contributed by atoms with Gasteiger partial charge in [-0.05, 0) is 41.0 Å². The molecule has 0 heterocycles. The van der Waals surface area contributed by atoms with E-state index in [0.29, 0.717) is 22.7 Å². The highest BCUT2D eigenvalue weighted by Gasteiger charge is 2.36. The van der Waals surface area contributed by atoms with Crippen molar-refractivity contribution in [3.05, 3.63) is 94.5 Å². The Balaban J connectivity index is 2.03. The number of halogens is 8. The fourth-order valence-corrected chi connectivity index (χ4v) is 3.65. The second kappa shape index (κ2) is 12.1. The molecule has 1 N–H and O–H groups in total. The zero-order chi connectivity index (χ0) is 27.9. The maximum absolute atomic E-state index is 13.7. The number of alkyl halides is 8. The Hall–Kier alpha value is -3.83. The highest BCUT2D eigenvalue weighted by atomic mass is 19.4. The molecule has 0 aliphatic carbocycles. The quantitative estimate of drug-likeness (QED) is 0.219. The Labute approximate surface area is 212 Å². The highest BCUT2D eigenvalue weighted by molar-refractivity contribution is 5.90. The minimum atomic E-state index is -4.91. The van der Waals surface area contributed by atoms with Gasteiger partial charge in [0, 0.05) is 12.8 Å². The second-order valence-corrected chi connectivity index (χ2v) is 8.07. The molecular formula is C26H22F8N2O2. The maximum Gasteiger partial charge on any atom is 0.433 e. The molecule has 0 saturated carbocycles. The monoisotopic (exact) mass is 546 g/mol. The van der Waals surface area contributed by atoms with Gasteiger partial charge in [0.1, 0.15) is 6.61 Å². The molecule has 0 fully saturated rings. The molecule has 4 nitrogen and oxygen atoms in total. The first-order valence-corrected chi connectivity index (χ1v) is 11.2. The first-order valence-electron chi connectivity index (χ1n) is 11.2. The van der Waals surface area contributed by atoms with Gasteiger partial charge in [-0.3, -0.25) is 14.2 Å². The van der Waals surface area contributed by atoms with Crippen LogP contribution < -0.4 is 10.4 Å². The Kier molecular flexibility index (Phi) is 9.18. The Morgan fingerprint density at radius 3 is 1.87 bits per heavy atom. The van der Waals surface area contributed by atoms with Crippen molar-refractivity contribution in [3.8, 4) is 0 Å². The summed E-state index contributed by atoms with van der Waals surface area (Å²) in [5.74, 6) is 0. The number of anilines is 2. The number of hydrogen-bond acceptors (Lipinski definition) is 3. The number of ether oxygens (including phenoxy) is 1. The maximum atomic E-state index is 13.7. The predicted octanol–water partition coefficient (Wildman–Crippen LogP) is 7.92. The van der Waals surface area contributed by atoms with Crippen LogP contribution in [-0.4, -0.2) is 19.4 Å². The average molecular weight is 546 g/mol. The Morgan fingerprint density at radius 1 is 0.763 bits per heavy atom. The minimum absolute atomic E-state index is 0.285. The van der Waals surface area contributed by atoms with Crippen LogP contribution in [0.5, 0.6) is 0 Å². The first-order chi connectivity index (χ1) is 17.9. The second-order valence-electron chi connectivity index (χ2n) is 8.07. The van der Waals surface area contributed by atoms with Gasteiger partial charge in [-0.1, -0.05) is 42.5 Å². The number of nitrogens with one attached hydrogen (secondary N) is 1. The van der Waals surface area contributed by atoms with E-state index in [9.17, 15) is 39.9 Å². The van der Waals surface area contributed by atoms with Crippen molar-refractivity contribution >= 4 is 17.5 Å². The lowest BCUT2D eigenvalue weighted by Crippen LogP contribution is -2.37. The number of carbonyl (C=O) groups is 1. The van der Waals surface area contributed by atoms with Gasteiger partial charge in [-0.15, -0.1) is 0 Å². The number of hydrogen-bond donors (Lipinski definition) is 1. The van der Waals surface area contributed by atoms with Gasteiger partial charge in [0.25, 0.3) is 0 Å². The van der Waals surface area contributed by atoms with Crippen molar-refractivity contribution in [2.75, 3.05) is 23.8 Å². The molecule has 38 heavy (non-hydrogen) atoms. The van der Waals surface area contributed by atoms with Gasteiger partial charge in [0.15, 0.2) is 0 Å². The number of aryl methyl sites for hydroxylation is 2. The van der Waals surface area contributed by atoms with Crippen molar-refractivity contribution in [2.24, 2.45) is 0 Å². The molecule has 0 atom stereocenters. The smallest absolute Gasteiger partial charge is 0.433 e. The predicted molar refractivity (Wildman–Crippen MR) is 125 cm³/mol. The van der Waals surface area contributed by atoms with Crippen molar-refractivity contribution in [1.29, 1.82) is 0 Å². The SMILES string of the molecule is O=C(OCc1ccccc1)N(Nc1ccc(CCF)c(C(F)(F)F)c1)c1ccc(CCF)c(C(F)(F)F)c1. The lowest BCUT2D eigenvalue weighted by molar-refractivity contribution is -0.139. The molecule has 0 aliphatic rings. The van der Waals surface area contributed by atoms with E-state index in [1.54, 1.807) is 30.3 Å². The van der Waals surface area contributed by atoms with E-state index in [1.165, 1.54) is 0 Å². The highest BCUT2D eigenvalue weighted by Crippen LogP contribution is 2.37. The third-order valence-electron chi connectivity index (χ3n) is 5.43. The summed E-state index contributed by atoms with van der Waals surface area (Å²) >= 11 is 0. The van der Waals surface area contributed by atoms with Crippen LogP contribution in [0.2, 0.25) is 0 Å². The summed E-state index contributed by atoms with van der Waals surface area (Å²) in [7, 11) is 0. The molecule has 0 spiro atoms. The average Bonchev–Trinajstić information content (AvgIpc) is 2.86. The minimum Gasteiger partial charge on any atom is -0.443 e. The molecule has 1 amide bonds. The largest absolute Gasteiger partial charge is 0.443 e. The van der Waals surface area contributed by atoms with Crippen LogP contribution in [0, 0.1) is 0 Å². The standard InChI is InChI=1S/C26H22F8N2O2/c27-12-10-18-6-8-20(14-22(18)25(29,30)31)35-36(24(37)38-16-17-4-2-1-3-5-17)21-9-7-19(11-13-28)23(15-21)26(32,33)34/h1-9,14-15,35H,10-13,16H2. The number of rotatable bonds is 9. The van der Waals surface area contributed by atoms with Crippen LogP contribution in [-0.2, 0) is 36.5 Å². The molecule has 0 aliphatic heterocycles. The number of nitrogens with zero attached hydrogens (tertiary/aromatic N) is 1. The third kappa shape index (κ3) is 7.36. The third-order valence-corrected chi connectivity index (χ3v) is 5.43. The molecule has 204 valence electrons. The molecule has 3 rings (SSSR count). The van der Waals surface area contributed by atoms with E-state index in [1.807, 2.05) is 0 Å². The summed E-state index contributed by atoms with van der Waals surface area (Å²) < 4.78 is 113. The lowest BCUT2D eigenvalue weighted by atomic mass is 10.0. The van der Waals surface area contributed by atoms with E-state index in [-0.39, 0.29) is 23.4 Å². The summed E-state index contributed by atoms with van der Waals surface area (Å²) in [4.78, 5) is 13.0. The zero-order valence-electron chi connectivity index (χ0n) is 19.7. The van der Waals surface area contributed by atoms with Crippen molar-refractivity contribution in [2.45, 2.75) is 31.8 Å². The van der Waals surface area contributed by atoms with Gasteiger partial charge in [-0.2, -0.15) is 31.4 Å². The fraction of sp³-hybridized carbons (Fsp3) is 0.269. The summed E-state index contributed by atoms with van der Waals surface area (Å²) in [5, 5.41) is 0.516. The molecule has 0 aromatic heterocycles. The molecule has 0 unspecified atom stereocenters. The van der Waals surface area contributed by atoms with Gasteiger partial charge in [0.05, 0.1) is 35.9 Å². The normalized spacial score (nSPS) is 11.8. The summed E-state index contributed by atoms with van der Waals surface area (Å²) in [6.07, 6.45) is -12.0. The van der Waals surface area contributed by atoms with Crippen LogP contribution in [0.15, 0.2) is 66.7 Å². The van der Waals surface area contributed by atoms with Gasteiger partial charge < -0.3 is 4.74 Å². The molecule has 0 saturated heterocycles. The topological polar surface area (TPSA) is 41.6 Å². The van der Waals surface area contributed by atoms with Crippen molar-refractivity contribution < 1.29 is 44.7 Å². The zero-order valence-corrected chi connectivity index (χ0v) is 19.7. The van der Waals surface area contributed by atoms with Crippen molar-refractivity contribution in [1.82, 2.24) is 0 Å². The van der Waals surface area contributed by atoms with Crippen LogP contribution in [0.25, 0.3) is 0 Å². The molecule has 0 bridgehead atoms. The number of amides is 1. The van der Waals surface area contributed by atoms with Crippen LogP contribution in [0.1, 0.15) is 27.8 Å². The Bertz CT molecular complexity index is 1230. The summed E-state index contributed by atoms with van der Waals surface area (Å²) in [6.45, 7) is -2.39. The van der Waals surface area contributed by atoms with Crippen LogP contribution in [0.4, 0.5) is 51.3 Å². The van der Waals surface area contributed by atoms with Crippen LogP contribution >= 0.6 is 0 Å². The van der Waals surface area contributed by atoms with Gasteiger partial charge >= 0.3 is 18.4 Å². The molecular weight excluding hydrogens is 524 g/mol. The van der Waals surface area contributed by atoms with Gasteiger partial charge in [-0.25, -0.2) is 4.79 Å². The Morgan fingerprint density at radius 2 is 1.32 bits per heavy atom. The number of benzene rings is 3. The lowest BCUT2D eigenvalue weighted by Gasteiger charge is -2.26. The number of hydrazine groups is 1. The first kappa shape index (κ1) is 28.7. The summed E-state index contributed by atoms with van der Waals surface area (Å²) in [5.41, 5.74) is -0.916. The van der Waals surface area contributed by atoms with Crippen molar-refractivity contribution in [3.63, 3.8) is 0 Å². The van der Waals surface area contributed by atoms with E-state index in [4.69, 9.17) is 4.74 Å². The molecule has 12 heteroatoms. The number of carbonyl (C=O) groups excluding carboxylic acids is 1. The van der Waals surface area contributed by atoms with E-state index >= 15 is 0 Å². The van der Waals surface area contributed by atoms with Gasteiger partial charge in [0.2, 0.25) is 0 Å². The van der Waals surface area contributed by atoms with Crippen LogP contribution in [0.3, 0.4) is 0 Å². The molecule has 3 aromatic carbocycles. The van der Waals surface area contributed by atoms with E-state index in [2.05, 4.69) is 5.43 Å². The summed E-state index contributed by atoms with van der Waals surface area (Å²) in [6, 6.07) is 13.7. The van der Waals surface area contributed by atoms with E-state index < -0.39 is 61.5 Å². The molecule has 3 aromatic rings. The fourth-order valence-electron chi connectivity index (χ4n) is 3.65.